The van der Waals surface area contributed by atoms with Gasteiger partial charge in [0.15, 0.2) is 9.84 Å². The Balaban J connectivity index is 1.67. The van der Waals surface area contributed by atoms with Gasteiger partial charge in [-0.25, -0.2) is 8.42 Å². The van der Waals surface area contributed by atoms with Crippen molar-refractivity contribution in [1.29, 1.82) is 0 Å². The van der Waals surface area contributed by atoms with Gasteiger partial charge in [0.25, 0.3) is 0 Å². The van der Waals surface area contributed by atoms with Crippen LogP contribution >= 0.6 is 0 Å². The smallest absolute Gasteiger partial charge is 0.152 e. The lowest BCUT2D eigenvalue weighted by molar-refractivity contribution is 0.222. The van der Waals surface area contributed by atoms with Crippen LogP contribution in [0, 0.1) is 0 Å². The second-order valence-electron chi connectivity index (χ2n) is 5.68. The maximum atomic E-state index is 11.9. The van der Waals surface area contributed by atoms with E-state index in [4.69, 9.17) is 0 Å². The second kappa shape index (κ2) is 5.77. The van der Waals surface area contributed by atoms with E-state index in [0.717, 1.165) is 43.4 Å². The van der Waals surface area contributed by atoms with Gasteiger partial charge in [0.2, 0.25) is 0 Å². The van der Waals surface area contributed by atoms with Crippen molar-refractivity contribution >= 4 is 20.7 Å². The number of para-hydroxylation sites is 1. The maximum Gasteiger partial charge on any atom is 0.152 e. The summed E-state index contributed by atoms with van der Waals surface area (Å²) >= 11 is 0. The molecule has 6 heteroatoms. The molecular formula is C15H21N3O2S. The summed E-state index contributed by atoms with van der Waals surface area (Å²) in [7, 11) is -2.89. The summed E-state index contributed by atoms with van der Waals surface area (Å²) < 4.78 is 23.9. The van der Waals surface area contributed by atoms with Gasteiger partial charge >= 0.3 is 0 Å². The third kappa shape index (κ3) is 2.96. The van der Waals surface area contributed by atoms with Crippen LogP contribution in [-0.4, -0.2) is 47.6 Å². The summed E-state index contributed by atoms with van der Waals surface area (Å²) in [5.41, 5.74) is 2.31. The Morgan fingerprint density at radius 3 is 2.81 bits per heavy atom. The van der Waals surface area contributed by atoms with Crippen LogP contribution in [-0.2, 0) is 16.4 Å². The van der Waals surface area contributed by atoms with Crippen molar-refractivity contribution < 1.29 is 8.42 Å². The predicted octanol–water partition coefficient (Wildman–Crippen LogP) is 1.96. The number of rotatable bonds is 4. The first-order valence-corrected chi connectivity index (χ1v) is 9.16. The van der Waals surface area contributed by atoms with Crippen LogP contribution in [0.25, 0.3) is 10.9 Å². The van der Waals surface area contributed by atoms with Gasteiger partial charge in [-0.1, -0.05) is 25.1 Å². The van der Waals surface area contributed by atoms with Crippen LogP contribution in [0.4, 0.5) is 0 Å². The van der Waals surface area contributed by atoms with E-state index in [1.54, 1.807) is 6.92 Å². The van der Waals surface area contributed by atoms with Gasteiger partial charge in [-0.15, -0.1) is 0 Å². The average molecular weight is 307 g/mol. The Kier molecular flexibility index (Phi) is 3.99. The molecule has 5 nitrogen and oxygen atoms in total. The first-order valence-electron chi connectivity index (χ1n) is 7.45. The largest absolute Gasteiger partial charge is 0.299 e. The second-order valence-corrected chi connectivity index (χ2v) is 8.25. The summed E-state index contributed by atoms with van der Waals surface area (Å²) in [5, 5.41) is 8.11. The highest BCUT2D eigenvalue weighted by Gasteiger charge is 2.28. The van der Waals surface area contributed by atoms with E-state index in [1.807, 2.05) is 18.3 Å². The number of hydrogen-bond acceptors (Lipinski definition) is 4. The van der Waals surface area contributed by atoms with Crippen molar-refractivity contribution in [1.82, 2.24) is 15.1 Å². The molecule has 0 aliphatic carbocycles. The summed E-state index contributed by atoms with van der Waals surface area (Å²) in [5.74, 6) is 0.255. The van der Waals surface area contributed by atoms with Crippen molar-refractivity contribution in [2.75, 3.05) is 18.8 Å². The monoisotopic (exact) mass is 307 g/mol. The number of piperidine rings is 1. The van der Waals surface area contributed by atoms with Crippen molar-refractivity contribution in [2.24, 2.45) is 0 Å². The number of H-pyrrole nitrogens is 1. The molecule has 1 N–H and O–H groups in total. The van der Waals surface area contributed by atoms with Crippen LogP contribution in [0.2, 0.25) is 0 Å². The topological polar surface area (TPSA) is 66.1 Å². The van der Waals surface area contributed by atoms with E-state index in [2.05, 4.69) is 21.2 Å². The lowest BCUT2D eigenvalue weighted by Gasteiger charge is -2.31. The molecule has 0 bridgehead atoms. The van der Waals surface area contributed by atoms with E-state index in [0.29, 0.717) is 0 Å². The molecule has 1 saturated heterocycles. The molecule has 21 heavy (non-hydrogen) atoms. The van der Waals surface area contributed by atoms with Crippen LogP contribution in [0.5, 0.6) is 0 Å². The van der Waals surface area contributed by atoms with Gasteiger partial charge in [-0.2, -0.15) is 5.10 Å². The average Bonchev–Trinajstić information content (AvgIpc) is 2.97. The lowest BCUT2D eigenvalue weighted by Crippen LogP contribution is -2.39. The zero-order valence-corrected chi connectivity index (χ0v) is 13.1. The van der Waals surface area contributed by atoms with Gasteiger partial charge in [-0.3, -0.25) is 10.00 Å². The number of fused-ring (bicyclic) bond motifs is 1. The van der Waals surface area contributed by atoms with Crippen molar-refractivity contribution in [3.05, 3.63) is 30.0 Å². The number of hydrogen-bond donors (Lipinski definition) is 1. The minimum absolute atomic E-state index is 0.151. The number of aromatic amines is 1. The lowest BCUT2D eigenvalue weighted by atomic mass is 10.1. The third-order valence-corrected chi connectivity index (χ3v) is 6.69. The third-order valence-electron chi connectivity index (χ3n) is 4.40. The molecule has 0 unspecified atom stereocenters. The van der Waals surface area contributed by atoms with Gasteiger partial charge in [0.1, 0.15) is 0 Å². The first kappa shape index (κ1) is 14.5. The number of likely N-dealkylation sites (tertiary alicyclic amines) is 1. The molecule has 1 aliphatic heterocycles. The standard InChI is InChI=1S/C15H21N3O2S/c1-2-21(19,20)14-6-8-18(9-7-14)11-13-5-3-4-12-10-16-17-15(12)13/h3-5,10,14H,2,6-9,11H2,1H3,(H,16,17). The van der Waals surface area contributed by atoms with E-state index in [1.165, 1.54) is 5.56 Å². The Labute approximate surface area is 125 Å². The normalized spacial score (nSPS) is 18.3. The summed E-state index contributed by atoms with van der Waals surface area (Å²) in [6.07, 6.45) is 3.32. The number of aromatic nitrogens is 2. The van der Waals surface area contributed by atoms with Crippen molar-refractivity contribution in [3.8, 4) is 0 Å². The van der Waals surface area contributed by atoms with E-state index in [9.17, 15) is 8.42 Å². The number of sulfone groups is 1. The van der Waals surface area contributed by atoms with E-state index < -0.39 is 9.84 Å². The number of nitrogens with zero attached hydrogens (tertiary/aromatic N) is 2. The molecule has 0 saturated carbocycles. The maximum absolute atomic E-state index is 11.9. The van der Waals surface area contributed by atoms with Crippen molar-refractivity contribution in [2.45, 2.75) is 31.6 Å². The molecule has 1 fully saturated rings. The molecule has 114 valence electrons. The number of benzene rings is 1. The molecule has 3 rings (SSSR count). The van der Waals surface area contributed by atoms with Gasteiger partial charge in [0, 0.05) is 17.7 Å². The van der Waals surface area contributed by atoms with Crippen molar-refractivity contribution in [3.63, 3.8) is 0 Å². The van der Waals surface area contributed by atoms with E-state index >= 15 is 0 Å². The molecule has 0 amide bonds. The molecule has 2 aromatic rings. The SMILES string of the molecule is CCS(=O)(=O)C1CCN(Cc2cccc3cn[nH]c23)CC1. The Morgan fingerprint density at radius 2 is 2.10 bits per heavy atom. The molecule has 0 spiro atoms. The fourth-order valence-electron chi connectivity index (χ4n) is 3.07. The molecule has 1 aliphatic rings. The Bertz CT molecular complexity index is 715. The summed E-state index contributed by atoms with van der Waals surface area (Å²) in [4.78, 5) is 2.33. The molecule has 1 aromatic heterocycles. The first-order chi connectivity index (χ1) is 10.1. The minimum Gasteiger partial charge on any atom is -0.299 e. The molecule has 0 atom stereocenters. The zero-order chi connectivity index (χ0) is 14.9. The highest BCUT2D eigenvalue weighted by Crippen LogP contribution is 2.22. The Hall–Kier alpha value is -1.40. The van der Waals surface area contributed by atoms with Crippen LogP contribution in [0.15, 0.2) is 24.4 Å². The van der Waals surface area contributed by atoms with E-state index in [-0.39, 0.29) is 11.0 Å². The summed E-state index contributed by atoms with van der Waals surface area (Å²) in [6, 6.07) is 6.19. The van der Waals surface area contributed by atoms with Crippen LogP contribution < -0.4 is 0 Å². The van der Waals surface area contributed by atoms with Gasteiger partial charge < -0.3 is 0 Å². The molecule has 0 radical (unpaired) electrons. The highest BCUT2D eigenvalue weighted by molar-refractivity contribution is 7.92. The fraction of sp³-hybridized carbons (Fsp3) is 0.533. The molecule has 1 aromatic carbocycles. The number of nitrogens with one attached hydrogen (secondary N) is 1. The zero-order valence-electron chi connectivity index (χ0n) is 12.2. The van der Waals surface area contributed by atoms with Crippen LogP contribution in [0.1, 0.15) is 25.3 Å². The molecule has 2 heterocycles. The molecular weight excluding hydrogens is 286 g/mol. The van der Waals surface area contributed by atoms with Crippen LogP contribution in [0.3, 0.4) is 0 Å². The highest BCUT2D eigenvalue weighted by atomic mass is 32.2. The fourth-order valence-corrected chi connectivity index (χ4v) is 4.47. The Morgan fingerprint density at radius 1 is 1.33 bits per heavy atom. The predicted molar refractivity (Wildman–Crippen MR) is 83.9 cm³/mol. The van der Waals surface area contributed by atoms with Gasteiger partial charge in [-0.05, 0) is 31.5 Å². The summed E-state index contributed by atoms with van der Waals surface area (Å²) in [6.45, 7) is 4.27. The van der Waals surface area contributed by atoms with Gasteiger partial charge in [0.05, 0.1) is 17.0 Å². The minimum atomic E-state index is -2.89. The quantitative estimate of drug-likeness (QED) is 0.938.